The van der Waals surface area contributed by atoms with Crippen LogP contribution < -0.4 is 26.4 Å². The van der Waals surface area contributed by atoms with Gasteiger partial charge in [-0.2, -0.15) is 0 Å². The summed E-state index contributed by atoms with van der Waals surface area (Å²) in [5, 5.41) is 4.05. The maximum absolute atomic E-state index is 11.6. The molecule has 0 bridgehead atoms. The highest BCUT2D eigenvalue weighted by Crippen LogP contribution is 2.08. The predicted octanol–water partition coefficient (Wildman–Crippen LogP) is -2.50. The van der Waals surface area contributed by atoms with E-state index < -0.39 is 23.8 Å². The van der Waals surface area contributed by atoms with Crippen LogP contribution in [0.4, 0.5) is 4.79 Å². The molecule has 4 amide bonds. The van der Waals surface area contributed by atoms with Gasteiger partial charge in [0, 0.05) is 5.70 Å². The smallest absolute Gasteiger partial charge is 0.328 e. The second-order valence-electron chi connectivity index (χ2n) is 4.52. The first-order valence-electron chi connectivity index (χ1n) is 6.66. The van der Waals surface area contributed by atoms with E-state index in [4.69, 9.17) is 0 Å². The van der Waals surface area contributed by atoms with Crippen LogP contribution in [0.3, 0.4) is 0 Å². The van der Waals surface area contributed by atoms with E-state index in [1.165, 1.54) is 4.90 Å². The van der Waals surface area contributed by atoms with Crippen LogP contribution in [0.2, 0.25) is 0 Å². The monoisotopic (exact) mass is 284 g/mol. The van der Waals surface area contributed by atoms with Crippen molar-refractivity contribution >= 4 is 17.8 Å². The summed E-state index contributed by atoms with van der Waals surface area (Å²) < 4.78 is 0. The number of carbonyl (C=O) groups is 3. The van der Waals surface area contributed by atoms with Gasteiger partial charge in [0.1, 0.15) is 0 Å². The Labute approximate surface area is 117 Å². The van der Waals surface area contributed by atoms with Crippen molar-refractivity contribution in [3.8, 4) is 0 Å². The molecule has 8 nitrogen and oxygen atoms in total. The Morgan fingerprint density at radius 3 is 2.25 bits per heavy atom. The number of hydrazine groups is 1. The molecule has 1 aliphatic heterocycles. The van der Waals surface area contributed by atoms with Crippen molar-refractivity contribution in [3.05, 3.63) is 12.3 Å². The van der Waals surface area contributed by atoms with Gasteiger partial charge in [-0.3, -0.25) is 20.2 Å². The van der Waals surface area contributed by atoms with Gasteiger partial charge in [0.15, 0.2) is 5.92 Å². The van der Waals surface area contributed by atoms with Gasteiger partial charge >= 0.3 is 6.03 Å². The van der Waals surface area contributed by atoms with Crippen molar-refractivity contribution in [1.82, 2.24) is 21.5 Å². The topological polar surface area (TPSA) is 104 Å². The number of nitrogens with one attached hydrogen (secondary N) is 5. The highest BCUT2D eigenvalue weighted by atomic mass is 16.2. The van der Waals surface area contributed by atoms with Crippen molar-refractivity contribution in [1.29, 1.82) is 0 Å². The quantitative estimate of drug-likeness (QED) is 0.193. The van der Waals surface area contributed by atoms with Crippen molar-refractivity contribution in [2.75, 3.05) is 26.2 Å². The van der Waals surface area contributed by atoms with Gasteiger partial charge in [0.05, 0.1) is 26.2 Å². The predicted molar refractivity (Wildman–Crippen MR) is 72.4 cm³/mol. The second kappa shape index (κ2) is 7.61. The van der Waals surface area contributed by atoms with E-state index >= 15 is 0 Å². The van der Waals surface area contributed by atoms with Crippen LogP contribution in [-0.2, 0) is 9.59 Å². The molecule has 5 N–H and O–H groups in total. The van der Waals surface area contributed by atoms with E-state index in [1.807, 2.05) is 10.6 Å². The molecule has 112 valence electrons. The zero-order valence-corrected chi connectivity index (χ0v) is 11.8. The molecule has 20 heavy (non-hydrogen) atoms. The van der Waals surface area contributed by atoms with Gasteiger partial charge in [-0.15, -0.1) is 0 Å². The van der Waals surface area contributed by atoms with Crippen LogP contribution in [0.15, 0.2) is 12.3 Å². The number of hydrogen-bond donors (Lipinski definition) is 5. The van der Waals surface area contributed by atoms with Crippen LogP contribution >= 0.6 is 0 Å². The lowest BCUT2D eigenvalue weighted by Crippen LogP contribution is -3.12. The number of carbonyl (C=O) groups excluding carboxylic acids is 3. The maximum Gasteiger partial charge on any atom is 0.328 e. The SMILES string of the molecule is C=C(NNCC[NH+](CC)CC)C1C(=O)NC(=O)NC1=O. The highest BCUT2D eigenvalue weighted by Gasteiger charge is 2.36. The number of amides is 4. The summed E-state index contributed by atoms with van der Waals surface area (Å²) in [4.78, 5) is 35.5. The Hall–Kier alpha value is -1.93. The summed E-state index contributed by atoms with van der Waals surface area (Å²) in [7, 11) is 0. The molecule has 0 unspecified atom stereocenters. The average Bonchev–Trinajstić information content (AvgIpc) is 2.37. The summed E-state index contributed by atoms with van der Waals surface area (Å²) in [6.07, 6.45) is 0. The molecule has 0 aliphatic carbocycles. The third-order valence-electron chi connectivity index (χ3n) is 3.20. The third-order valence-corrected chi connectivity index (χ3v) is 3.20. The number of barbiturate groups is 1. The molecular weight excluding hydrogens is 262 g/mol. The molecule has 1 heterocycles. The van der Waals surface area contributed by atoms with E-state index in [0.717, 1.165) is 19.6 Å². The van der Waals surface area contributed by atoms with Crippen LogP contribution in [0, 0.1) is 5.92 Å². The summed E-state index contributed by atoms with van der Waals surface area (Å²) in [5.74, 6) is -2.46. The lowest BCUT2D eigenvalue weighted by Gasteiger charge is -2.23. The van der Waals surface area contributed by atoms with Crippen molar-refractivity contribution in [2.45, 2.75) is 13.8 Å². The number of likely N-dealkylation sites (N-methyl/N-ethyl adjacent to an activating group) is 1. The maximum atomic E-state index is 11.6. The minimum absolute atomic E-state index is 0.210. The zero-order valence-electron chi connectivity index (χ0n) is 11.8. The molecule has 0 spiro atoms. The number of imide groups is 2. The third kappa shape index (κ3) is 4.32. The first-order chi connectivity index (χ1) is 9.49. The Balaban J connectivity index is 2.37. The van der Waals surface area contributed by atoms with Crippen molar-refractivity contribution in [3.63, 3.8) is 0 Å². The van der Waals surface area contributed by atoms with Gasteiger partial charge in [-0.25, -0.2) is 10.2 Å². The Morgan fingerprint density at radius 1 is 1.20 bits per heavy atom. The van der Waals surface area contributed by atoms with Gasteiger partial charge in [-0.05, 0) is 13.8 Å². The van der Waals surface area contributed by atoms with Gasteiger partial charge in [-0.1, -0.05) is 6.58 Å². The molecule has 0 aromatic carbocycles. The molecule has 0 radical (unpaired) electrons. The fourth-order valence-corrected chi connectivity index (χ4v) is 1.93. The largest absolute Gasteiger partial charge is 0.334 e. The molecule has 1 aliphatic rings. The zero-order chi connectivity index (χ0) is 15.1. The minimum Gasteiger partial charge on any atom is -0.334 e. The van der Waals surface area contributed by atoms with Crippen LogP contribution in [0.1, 0.15) is 13.8 Å². The minimum atomic E-state index is -1.11. The standard InChI is InChI=1S/C12H21N5O3/c1-4-17(5-2)7-6-13-16-8(3)9-10(18)14-12(20)15-11(9)19/h9,13,16H,3-7H2,1-2H3,(H2,14,15,18,19,20)/p+1. The fraction of sp³-hybridized carbons (Fsp3) is 0.583. The lowest BCUT2D eigenvalue weighted by molar-refractivity contribution is -0.895. The summed E-state index contributed by atoms with van der Waals surface area (Å²) in [6, 6.07) is -0.804. The summed E-state index contributed by atoms with van der Waals surface area (Å²) in [6.45, 7) is 11.5. The van der Waals surface area contributed by atoms with E-state index in [1.54, 1.807) is 0 Å². The van der Waals surface area contributed by atoms with Gasteiger partial charge < -0.3 is 10.3 Å². The van der Waals surface area contributed by atoms with Gasteiger partial charge in [0.25, 0.3) is 0 Å². The van der Waals surface area contributed by atoms with Crippen LogP contribution in [0.25, 0.3) is 0 Å². The Bertz CT molecular complexity index is 386. The van der Waals surface area contributed by atoms with E-state index in [2.05, 4.69) is 31.3 Å². The van der Waals surface area contributed by atoms with Gasteiger partial charge in [0.2, 0.25) is 11.8 Å². The van der Waals surface area contributed by atoms with Crippen molar-refractivity contribution < 1.29 is 19.3 Å². The van der Waals surface area contributed by atoms with Crippen LogP contribution in [0.5, 0.6) is 0 Å². The molecular formula is C12H22N5O3+. The van der Waals surface area contributed by atoms with E-state index in [-0.39, 0.29) is 5.70 Å². The Kier molecular flexibility index (Phi) is 6.13. The molecule has 1 fully saturated rings. The summed E-state index contributed by atoms with van der Waals surface area (Å²) >= 11 is 0. The molecule has 0 aromatic rings. The number of rotatable bonds is 8. The number of hydrogen-bond acceptors (Lipinski definition) is 5. The Morgan fingerprint density at radius 2 is 1.75 bits per heavy atom. The van der Waals surface area contributed by atoms with Crippen LogP contribution in [-0.4, -0.2) is 44.0 Å². The molecule has 1 rings (SSSR count). The summed E-state index contributed by atoms with van der Waals surface area (Å²) in [5.41, 5.74) is 5.87. The number of quaternary nitrogens is 1. The fourth-order valence-electron chi connectivity index (χ4n) is 1.93. The second-order valence-corrected chi connectivity index (χ2v) is 4.52. The number of urea groups is 1. The normalized spacial score (nSPS) is 16.1. The van der Waals surface area contributed by atoms with E-state index in [9.17, 15) is 14.4 Å². The molecule has 1 saturated heterocycles. The van der Waals surface area contributed by atoms with Crippen molar-refractivity contribution in [2.24, 2.45) is 5.92 Å². The average molecular weight is 284 g/mol. The first-order valence-corrected chi connectivity index (χ1v) is 6.66. The first kappa shape index (κ1) is 16.1. The molecule has 0 aromatic heterocycles. The molecule has 0 saturated carbocycles. The van der Waals surface area contributed by atoms with E-state index in [0.29, 0.717) is 6.54 Å². The molecule has 0 atom stereocenters. The highest BCUT2D eigenvalue weighted by molar-refractivity contribution is 6.17. The molecule has 8 heteroatoms. The lowest BCUT2D eigenvalue weighted by atomic mass is 10.0.